The second-order valence-electron chi connectivity index (χ2n) is 10.9. The van der Waals surface area contributed by atoms with E-state index in [9.17, 15) is 18.0 Å². The first-order valence-corrected chi connectivity index (χ1v) is 15.9. The number of carbonyl (C=O) groups is 1. The Morgan fingerprint density at radius 2 is 1.76 bits per heavy atom. The van der Waals surface area contributed by atoms with Gasteiger partial charge in [-0.05, 0) is 87.1 Å². The number of unbranched alkanes of at least 4 members (excludes halogenated alkanes) is 2. The van der Waals surface area contributed by atoms with E-state index in [0.717, 1.165) is 59.2 Å². The van der Waals surface area contributed by atoms with E-state index in [1.165, 1.54) is 47.0 Å². The molecule has 0 unspecified atom stereocenters. The van der Waals surface area contributed by atoms with Crippen LogP contribution in [0, 0.1) is 20.8 Å². The predicted molar refractivity (Wildman–Crippen MR) is 176 cm³/mol. The van der Waals surface area contributed by atoms with Crippen LogP contribution in [0.5, 0.6) is 5.75 Å². The Morgan fingerprint density at radius 3 is 2.47 bits per heavy atom. The van der Waals surface area contributed by atoms with Crippen LogP contribution in [0.15, 0.2) is 72.0 Å². The Labute approximate surface area is 269 Å². The lowest BCUT2D eigenvalue weighted by Gasteiger charge is -2.21. The Bertz CT molecular complexity index is 1710. The monoisotopic (exact) mass is 651 g/mol. The predicted octanol–water partition coefficient (Wildman–Crippen LogP) is 8.32. The van der Waals surface area contributed by atoms with Crippen LogP contribution >= 0.6 is 24.0 Å². The summed E-state index contributed by atoms with van der Waals surface area (Å²) in [4.78, 5) is 24.1. The largest absolute Gasteiger partial charge is 0.573 e. The molecule has 0 atom stereocenters. The molecule has 2 heterocycles. The number of aromatic nitrogens is 3. The molecule has 0 aliphatic carbocycles. The summed E-state index contributed by atoms with van der Waals surface area (Å²) in [5, 5.41) is 5.15. The number of thioether (sulfide) groups is 1. The topological polar surface area (TPSA) is 72.6 Å². The molecular formula is C33H32F3N5O2S2. The van der Waals surface area contributed by atoms with Gasteiger partial charge in [-0.15, -0.1) is 18.3 Å². The number of rotatable bonds is 10. The summed E-state index contributed by atoms with van der Waals surface area (Å²) in [5.74, 6) is 0.602. The molecular weight excluding hydrogens is 620 g/mol. The van der Waals surface area contributed by atoms with Crippen molar-refractivity contribution >= 4 is 45.7 Å². The number of nitrogens with zero attached hydrogens (tertiary/aromatic N) is 5. The third-order valence-electron chi connectivity index (χ3n) is 7.21. The van der Waals surface area contributed by atoms with Crippen LogP contribution in [-0.4, -0.2) is 42.9 Å². The number of thiocarbonyl (C=S) groups is 1. The lowest BCUT2D eigenvalue weighted by Crippen LogP contribution is -2.31. The van der Waals surface area contributed by atoms with Gasteiger partial charge in [0.05, 0.1) is 17.1 Å². The molecule has 0 saturated carbocycles. The van der Waals surface area contributed by atoms with Gasteiger partial charge in [0, 0.05) is 12.0 Å². The van der Waals surface area contributed by atoms with E-state index < -0.39 is 6.36 Å². The summed E-state index contributed by atoms with van der Waals surface area (Å²) in [7, 11) is 0. The van der Waals surface area contributed by atoms with Crippen molar-refractivity contribution in [3.8, 4) is 22.8 Å². The number of carbonyl (C=O) groups excluding carboxylic acids is 1. The first-order chi connectivity index (χ1) is 21.5. The quantitative estimate of drug-likeness (QED) is 0.127. The number of hydrogen-bond donors (Lipinski definition) is 0. The molecule has 45 heavy (non-hydrogen) atoms. The lowest BCUT2D eigenvalue weighted by atomic mass is 10.0. The summed E-state index contributed by atoms with van der Waals surface area (Å²) < 4.78 is 42.7. The molecule has 1 aliphatic heterocycles. The number of alkyl halides is 3. The third kappa shape index (κ3) is 8.37. The molecule has 0 spiro atoms. The van der Waals surface area contributed by atoms with Crippen molar-refractivity contribution < 1.29 is 22.7 Å². The van der Waals surface area contributed by atoms with Gasteiger partial charge in [0.25, 0.3) is 0 Å². The number of aliphatic imine (C=N–C) groups is 1. The molecule has 0 radical (unpaired) electrons. The first-order valence-electron chi connectivity index (χ1n) is 14.5. The van der Waals surface area contributed by atoms with Crippen molar-refractivity contribution in [2.75, 3.05) is 10.7 Å². The fourth-order valence-corrected chi connectivity index (χ4v) is 6.49. The van der Waals surface area contributed by atoms with Crippen LogP contribution in [0.1, 0.15) is 47.9 Å². The summed E-state index contributed by atoms with van der Waals surface area (Å²) in [5.41, 5.74) is 6.72. The minimum Gasteiger partial charge on any atom is -0.406 e. The molecule has 1 saturated heterocycles. The Balaban J connectivity index is 1.12. The highest BCUT2D eigenvalue weighted by molar-refractivity contribution is 8.15. The minimum atomic E-state index is -4.74. The molecule has 1 aromatic heterocycles. The van der Waals surface area contributed by atoms with Gasteiger partial charge in [-0.3, -0.25) is 9.69 Å². The van der Waals surface area contributed by atoms with Crippen LogP contribution in [0.3, 0.4) is 0 Å². The SMILES string of the molecule is Cc1cc(C)c(N2C(=O)CSC2=NC(=S)CCCCCc2cccc(-c3ncn(-c4ccc(OC(F)(F)F)cc4)n3)c2)c(C)c1. The average molecular weight is 652 g/mol. The zero-order valence-corrected chi connectivity index (χ0v) is 26.7. The fraction of sp³-hybridized carbons (Fsp3) is 0.303. The number of benzene rings is 3. The highest BCUT2D eigenvalue weighted by atomic mass is 32.2. The molecule has 1 aliphatic rings. The lowest BCUT2D eigenvalue weighted by molar-refractivity contribution is -0.274. The van der Waals surface area contributed by atoms with Crippen molar-refractivity contribution in [3.05, 3.63) is 89.2 Å². The summed E-state index contributed by atoms with van der Waals surface area (Å²) in [6.45, 7) is 6.08. The average Bonchev–Trinajstić information content (AvgIpc) is 3.60. The van der Waals surface area contributed by atoms with Crippen molar-refractivity contribution in [2.45, 2.75) is 59.2 Å². The zero-order valence-electron chi connectivity index (χ0n) is 25.1. The second-order valence-corrected chi connectivity index (χ2v) is 12.3. The van der Waals surface area contributed by atoms with E-state index >= 15 is 0 Å². The number of halogens is 3. The smallest absolute Gasteiger partial charge is 0.406 e. The molecule has 12 heteroatoms. The third-order valence-corrected chi connectivity index (χ3v) is 8.43. The molecule has 0 N–H and O–H groups in total. The van der Waals surface area contributed by atoms with Gasteiger partial charge in [-0.2, -0.15) is 0 Å². The number of hydrogen-bond acceptors (Lipinski definition) is 6. The van der Waals surface area contributed by atoms with Crippen molar-refractivity contribution in [2.24, 2.45) is 4.99 Å². The molecule has 5 rings (SSSR count). The standard InChI is InChI=1S/C33H32F3N5O2S2/c1-21-16-22(2)30(23(3)17-21)41-29(42)19-45-32(41)38-28(44)11-6-4-5-8-24-9-7-10-25(18-24)31-37-20-40(39-31)26-12-14-27(15-13-26)43-33(34,35)36/h7,9-10,12-18,20H,4-6,8,11,19H2,1-3H3. The second kappa shape index (κ2) is 13.9. The minimum absolute atomic E-state index is 0.0226. The van der Waals surface area contributed by atoms with E-state index in [1.807, 2.05) is 32.9 Å². The van der Waals surface area contributed by atoms with Gasteiger partial charge in [0.2, 0.25) is 5.91 Å². The Kier molecular flexibility index (Phi) is 10.0. The fourth-order valence-electron chi connectivity index (χ4n) is 5.32. The van der Waals surface area contributed by atoms with Gasteiger partial charge in [-0.25, -0.2) is 14.7 Å². The van der Waals surface area contributed by atoms with Crippen LogP contribution in [0.4, 0.5) is 18.9 Å². The maximum atomic E-state index is 12.8. The van der Waals surface area contributed by atoms with Crippen LogP contribution in [0.25, 0.3) is 17.1 Å². The molecule has 3 aromatic carbocycles. The van der Waals surface area contributed by atoms with E-state index in [1.54, 1.807) is 4.90 Å². The zero-order chi connectivity index (χ0) is 32.1. The number of aryl methyl sites for hydroxylation is 4. The van der Waals surface area contributed by atoms with Crippen LogP contribution < -0.4 is 9.64 Å². The number of amides is 1. The van der Waals surface area contributed by atoms with Gasteiger partial charge in [0.15, 0.2) is 11.0 Å². The first kappa shape index (κ1) is 32.4. The van der Waals surface area contributed by atoms with Gasteiger partial charge >= 0.3 is 6.36 Å². The van der Waals surface area contributed by atoms with Gasteiger partial charge in [0.1, 0.15) is 17.1 Å². The van der Waals surface area contributed by atoms with Crippen molar-refractivity contribution in [3.63, 3.8) is 0 Å². The summed E-state index contributed by atoms with van der Waals surface area (Å²) >= 11 is 7.02. The van der Waals surface area contributed by atoms with E-state index in [-0.39, 0.29) is 11.7 Å². The molecule has 1 amide bonds. The van der Waals surface area contributed by atoms with Crippen molar-refractivity contribution in [1.29, 1.82) is 0 Å². The molecule has 234 valence electrons. The van der Waals surface area contributed by atoms with Crippen molar-refractivity contribution in [1.82, 2.24) is 14.8 Å². The number of amidine groups is 1. The Hall–Kier alpha value is -4.03. The molecule has 4 aromatic rings. The van der Waals surface area contributed by atoms with E-state index in [2.05, 4.69) is 44.1 Å². The van der Waals surface area contributed by atoms with Crippen LogP contribution in [-0.2, 0) is 11.2 Å². The van der Waals surface area contributed by atoms with Gasteiger partial charge < -0.3 is 4.74 Å². The highest BCUT2D eigenvalue weighted by Crippen LogP contribution is 2.33. The van der Waals surface area contributed by atoms with Gasteiger partial charge in [-0.1, -0.05) is 66.3 Å². The summed E-state index contributed by atoms with van der Waals surface area (Å²) in [6.07, 6.45) is 1.18. The Morgan fingerprint density at radius 1 is 1.02 bits per heavy atom. The maximum absolute atomic E-state index is 12.8. The molecule has 0 bridgehead atoms. The number of ether oxygens (including phenoxy) is 1. The highest BCUT2D eigenvalue weighted by Gasteiger charge is 2.32. The number of anilines is 1. The summed E-state index contributed by atoms with van der Waals surface area (Å²) in [6, 6.07) is 17.6. The molecule has 1 fully saturated rings. The normalized spacial score (nSPS) is 14.4. The van der Waals surface area contributed by atoms with Crippen LogP contribution in [0.2, 0.25) is 0 Å². The van der Waals surface area contributed by atoms with E-state index in [0.29, 0.717) is 33.8 Å². The molecule has 7 nitrogen and oxygen atoms in total. The van der Waals surface area contributed by atoms with E-state index in [4.69, 9.17) is 12.2 Å². The maximum Gasteiger partial charge on any atom is 0.573 e.